The molecule has 4 nitrogen and oxygen atoms in total. The Kier molecular flexibility index (Phi) is 5.01. The zero-order chi connectivity index (χ0) is 18.0. The maximum absolute atomic E-state index is 13.7. The molecular weight excluding hydrogens is 365 g/mol. The number of esters is 1. The van der Waals surface area contributed by atoms with Crippen molar-refractivity contribution in [1.29, 1.82) is 0 Å². The van der Waals surface area contributed by atoms with Gasteiger partial charge in [0.1, 0.15) is 10.7 Å². The molecule has 7 heteroatoms. The fourth-order valence-corrected chi connectivity index (χ4v) is 3.38. The standard InChI is InChI=1S/C18H13ClFNO3S/c1-10-5-6-11(19)7-14(10)21-17(22)9-24-18(23)16-8-12-13(20)3-2-4-15(12)25-16/h2-8H,9H2,1H3,(H,21,22). The molecule has 25 heavy (non-hydrogen) atoms. The van der Waals surface area contributed by atoms with E-state index in [0.717, 1.165) is 16.9 Å². The number of amides is 1. The lowest BCUT2D eigenvalue weighted by atomic mass is 10.2. The van der Waals surface area contributed by atoms with Gasteiger partial charge in [-0.25, -0.2) is 9.18 Å². The number of hydrogen-bond acceptors (Lipinski definition) is 4. The molecule has 1 amide bonds. The first-order valence-electron chi connectivity index (χ1n) is 7.35. The van der Waals surface area contributed by atoms with E-state index in [4.69, 9.17) is 16.3 Å². The van der Waals surface area contributed by atoms with E-state index in [9.17, 15) is 14.0 Å². The molecule has 0 radical (unpaired) electrons. The molecule has 3 aromatic rings. The van der Waals surface area contributed by atoms with Crippen molar-refractivity contribution in [3.05, 3.63) is 63.7 Å². The number of halogens is 2. The number of aryl methyl sites for hydroxylation is 1. The molecule has 3 rings (SSSR count). The summed E-state index contributed by atoms with van der Waals surface area (Å²) in [7, 11) is 0. The minimum Gasteiger partial charge on any atom is -0.451 e. The van der Waals surface area contributed by atoms with E-state index in [-0.39, 0.29) is 4.88 Å². The summed E-state index contributed by atoms with van der Waals surface area (Å²) in [5, 5.41) is 3.49. The van der Waals surface area contributed by atoms with Crippen molar-refractivity contribution >= 4 is 50.6 Å². The molecule has 128 valence electrons. The summed E-state index contributed by atoms with van der Waals surface area (Å²) >= 11 is 7.01. The van der Waals surface area contributed by atoms with E-state index in [1.165, 1.54) is 12.1 Å². The van der Waals surface area contributed by atoms with Crippen molar-refractivity contribution in [2.24, 2.45) is 0 Å². The topological polar surface area (TPSA) is 55.4 Å². The third-order valence-corrected chi connectivity index (χ3v) is 4.83. The Morgan fingerprint density at radius 3 is 2.80 bits per heavy atom. The highest BCUT2D eigenvalue weighted by atomic mass is 35.5. The van der Waals surface area contributed by atoms with Crippen LogP contribution in [0.4, 0.5) is 10.1 Å². The van der Waals surface area contributed by atoms with Crippen LogP contribution in [0.15, 0.2) is 42.5 Å². The second-order valence-corrected chi connectivity index (χ2v) is 6.87. The molecule has 0 saturated carbocycles. The number of hydrogen-bond donors (Lipinski definition) is 1. The molecule has 0 aliphatic carbocycles. The van der Waals surface area contributed by atoms with Crippen molar-refractivity contribution in [3.8, 4) is 0 Å². The second kappa shape index (κ2) is 7.21. The highest BCUT2D eigenvalue weighted by molar-refractivity contribution is 7.20. The Labute approximate surface area is 152 Å². The summed E-state index contributed by atoms with van der Waals surface area (Å²) in [6.07, 6.45) is 0. The molecule has 2 aromatic carbocycles. The number of nitrogens with one attached hydrogen (secondary N) is 1. The van der Waals surface area contributed by atoms with Crippen molar-refractivity contribution < 1.29 is 18.7 Å². The van der Waals surface area contributed by atoms with Crippen LogP contribution in [0, 0.1) is 12.7 Å². The number of rotatable bonds is 4. The second-order valence-electron chi connectivity index (χ2n) is 5.35. The largest absolute Gasteiger partial charge is 0.451 e. The third-order valence-electron chi connectivity index (χ3n) is 3.52. The van der Waals surface area contributed by atoms with E-state index in [1.807, 2.05) is 6.92 Å². The molecule has 1 heterocycles. The number of benzene rings is 2. The van der Waals surface area contributed by atoms with Gasteiger partial charge in [-0.2, -0.15) is 0 Å². The van der Waals surface area contributed by atoms with E-state index in [0.29, 0.717) is 20.8 Å². The zero-order valence-corrected chi connectivity index (χ0v) is 14.7. The van der Waals surface area contributed by atoms with Gasteiger partial charge in [-0.05, 0) is 42.8 Å². The Morgan fingerprint density at radius 2 is 2.04 bits per heavy atom. The first-order chi connectivity index (χ1) is 11.9. The number of ether oxygens (including phenoxy) is 1. The van der Waals surface area contributed by atoms with Gasteiger partial charge in [-0.3, -0.25) is 4.79 Å². The van der Waals surface area contributed by atoms with Gasteiger partial charge in [0.05, 0.1) is 0 Å². The minimum absolute atomic E-state index is 0.242. The normalized spacial score (nSPS) is 10.7. The smallest absolute Gasteiger partial charge is 0.348 e. The number of fused-ring (bicyclic) bond motifs is 1. The Balaban J connectivity index is 1.64. The lowest BCUT2D eigenvalue weighted by molar-refractivity contribution is -0.119. The number of carbonyl (C=O) groups excluding carboxylic acids is 2. The van der Waals surface area contributed by atoms with Gasteiger partial charge in [0.2, 0.25) is 0 Å². The van der Waals surface area contributed by atoms with Crippen LogP contribution in [0.1, 0.15) is 15.2 Å². The summed E-state index contributed by atoms with van der Waals surface area (Å²) in [5.74, 6) is -1.55. The molecule has 0 aliphatic rings. The molecule has 0 aliphatic heterocycles. The summed E-state index contributed by atoms with van der Waals surface area (Å²) < 4.78 is 19.3. The van der Waals surface area contributed by atoms with Crippen molar-refractivity contribution in [3.63, 3.8) is 0 Å². The van der Waals surface area contributed by atoms with E-state index in [1.54, 1.807) is 30.3 Å². The summed E-state index contributed by atoms with van der Waals surface area (Å²) in [6.45, 7) is 1.38. The van der Waals surface area contributed by atoms with Crippen LogP contribution in [-0.2, 0) is 9.53 Å². The highest BCUT2D eigenvalue weighted by Crippen LogP contribution is 2.28. The Hall–Kier alpha value is -2.44. The number of carbonyl (C=O) groups is 2. The number of thiophene rings is 1. The molecule has 0 spiro atoms. The monoisotopic (exact) mass is 377 g/mol. The van der Waals surface area contributed by atoms with Crippen LogP contribution >= 0.6 is 22.9 Å². The van der Waals surface area contributed by atoms with Crippen molar-refractivity contribution in [2.45, 2.75) is 6.92 Å². The Morgan fingerprint density at radius 1 is 1.24 bits per heavy atom. The lowest BCUT2D eigenvalue weighted by Gasteiger charge is -2.09. The average molecular weight is 378 g/mol. The summed E-state index contributed by atoms with van der Waals surface area (Å²) in [4.78, 5) is 24.3. The van der Waals surface area contributed by atoms with Gasteiger partial charge in [-0.15, -0.1) is 11.3 Å². The molecule has 0 atom stereocenters. The lowest BCUT2D eigenvalue weighted by Crippen LogP contribution is -2.21. The van der Waals surface area contributed by atoms with Gasteiger partial charge in [0, 0.05) is 20.8 Å². The van der Waals surface area contributed by atoms with Crippen LogP contribution in [0.25, 0.3) is 10.1 Å². The SMILES string of the molecule is Cc1ccc(Cl)cc1NC(=O)COC(=O)c1cc2c(F)cccc2s1. The van der Waals surface area contributed by atoms with Crippen LogP contribution in [0.3, 0.4) is 0 Å². The fraction of sp³-hybridized carbons (Fsp3) is 0.111. The van der Waals surface area contributed by atoms with Crippen LogP contribution < -0.4 is 5.32 Å². The molecule has 1 N–H and O–H groups in total. The first kappa shape index (κ1) is 17.4. The quantitative estimate of drug-likeness (QED) is 0.664. The van der Waals surface area contributed by atoms with Gasteiger partial charge in [-0.1, -0.05) is 23.7 Å². The van der Waals surface area contributed by atoms with Gasteiger partial charge < -0.3 is 10.1 Å². The van der Waals surface area contributed by atoms with E-state index in [2.05, 4.69) is 5.32 Å². The maximum atomic E-state index is 13.7. The van der Waals surface area contributed by atoms with Crippen LogP contribution in [0.2, 0.25) is 5.02 Å². The summed E-state index contributed by atoms with van der Waals surface area (Å²) in [5.41, 5.74) is 1.39. The summed E-state index contributed by atoms with van der Waals surface area (Å²) in [6, 6.07) is 11.1. The van der Waals surface area contributed by atoms with Gasteiger partial charge in [0.15, 0.2) is 6.61 Å². The van der Waals surface area contributed by atoms with E-state index < -0.39 is 24.3 Å². The van der Waals surface area contributed by atoms with Crippen LogP contribution in [-0.4, -0.2) is 18.5 Å². The van der Waals surface area contributed by atoms with Crippen molar-refractivity contribution in [2.75, 3.05) is 11.9 Å². The maximum Gasteiger partial charge on any atom is 0.348 e. The molecule has 1 aromatic heterocycles. The zero-order valence-electron chi connectivity index (χ0n) is 13.1. The average Bonchev–Trinajstić information content (AvgIpc) is 3.02. The first-order valence-corrected chi connectivity index (χ1v) is 8.54. The number of anilines is 1. The molecule has 0 fully saturated rings. The van der Waals surface area contributed by atoms with Crippen LogP contribution in [0.5, 0.6) is 0 Å². The highest BCUT2D eigenvalue weighted by Gasteiger charge is 2.15. The third kappa shape index (κ3) is 3.97. The van der Waals surface area contributed by atoms with Gasteiger partial charge >= 0.3 is 5.97 Å². The predicted molar refractivity (Wildman–Crippen MR) is 96.9 cm³/mol. The van der Waals surface area contributed by atoms with E-state index >= 15 is 0 Å². The molecule has 0 unspecified atom stereocenters. The minimum atomic E-state index is -0.668. The molecule has 0 saturated heterocycles. The molecular formula is C18H13ClFNO3S. The fourth-order valence-electron chi connectivity index (χ4n) is 2.24. The predicted octanol–water partition coefficient (Wildman–Crippen LogP) is 4.80. The Bertz CT molecular complexity index is 970. The van der Waals surface area contributed by atoms with Crippen molar-refractivity contribution in [1.82, 2.24) is 0 Å². The molecule has 0 bridgehead atoms. The van der Waals surface area contributed by atoms with Gasteiger partial charge in [0.25, 0.3) is 5.91 Å².